The number of anilines is 1. The smallest absolute Gasteiger partial charge is 0.255 e. The van der Waals surface area contributed by atoms with Gasteiger partial charge in [0.05, 0.1) is 0 Å². The standard InChI is InChI=1S/C19H20N2O3/c1-4-11-24-16-9-7-14(8-10-16)19(23)21-17-12-15(18(22)20-3)6-5-13(17)2/h4-10,12H,1,11H2,2-3H3,(H,20,22)(H,21,23). The van der Waals surface area contributed by atoms with E-state index >= 15 is 0 Å². The highest BCUT2D eigenvalue weighted by Crippen LogP contribution is 2.19. The Kier molecular flexibility index (Phi) is 5.73. The highest BCUT2D eigenvalue weighted by Gasteiger charge is 2.11. The fourth-order valence-electron chi connectivity index (χ4n) is 2.09. The van der Waals surface area contributed by atoms with Gasteiger partial charge >= 0.3 is 0 Å². The van der Waals surface area contributed by atoms with Gasteiger partial charge in [0, 0.05) is 23.9 Å². The summed E-state index contributed by atoms with van der Waals surface area (Å²) >= 11 is 0. The molecule has 5 heteroatoms. The number of carbonyl (C=O) groups is 2. The third-order valence-corrected chi connectivity index (χ3v) is 3.46. The molecule has 2 N–H and O–H groups in total. The zero-order valence-electron chi connectivity index (χ0n) is 13.8. The van der Waals surface area contributed by atoms with Gasteiger partial charge in [-0.25, -0.2) is 0 Å². The van der Waals surface area contributed by atoms with Crippen molar-refractivity contribution in [3.05, 3.63) is 71.8 Å². The van der Waals surface area contributed by atoms with E-state index in [0.717, 1.165) is 5.56 Å². The van der Waals surface area contributed by atoms with Gasteiger partial charge in [0.25, 0.3) is 11.8 Å². The maximum Gasteiger partial charge on any atom is 0.255 e. The normalized spacial score (nSPS) is 9.92. The fourth-order valence-corrected chi connectivity index (χ4v) is 2.09. The molecule has 0 aliphatic rings. The quantitative estimate of drug-likeness (QED) is 0.802. The first kappa shape index (κ1) is 17.3. The van der Waals surface area contributed by atoms with Crippen LogP contribution in [-0.2, 0) is 0 Å². The average Bonchev–Trinajstić information content (AvgIpc) is 2.61. The zero-order valence-corrected chi connectivity index (χ0v) is 13.8. The van der Waals surface area contributed by atoms with E-state index in [1.54, 1.807) is 55.6 Å². The first-order valence-corrected chi connectivity index (χ1v) is 7.53. The Bertz CT molecular complexity index is 752. The molecule has 0 aliphatic heterocycles. The molecular formula is C19H20N2O3. The van der Waals surface area contributed by atoms with Gasteiger partial charge in [-0.3, -0.25) is 9.59 Å². The van der Waals surface area contributed by atoms with Crippen LogP contribution in [-0.4, -0.2) is 25.5 Å². The van der Waals surface area contributed by atoms with Crippen LogP contribution in [0.1, 0.15) is 26.3 Å². The molecule has 0 radical (unpaired) electrons. The first-order valence-electron chi connectivity index (χ1n) is 7.53. The van der Waals surface area contributed by atoms with Crippen molar-refractivity contribution in [3.8, 4) is 5.75 Å². The number of benzene rings is 2. The van der Waals surface area contributed by atoms with Gasteiger partial charge in [0.2, 0.25) is 0 Å². The second-order valence-corrected chi connectivity index (χ2v) is 5.19. The summed E-state index contributed by atoms with van der Waals surface area (Å²) in [6.45, 7) is 5.87. The largest absolute Gasteiger partial charge is 0.490 e. The van der Waals surface area contributed by atoms with Gasteiger partial charge in [0.15, 0.2) is 0 Å². The van der Waals surface area contributed by atoms with Gasteiger partial charge < -0.3 is 15.4 Å². The summed E-state index contributed by atoms with van der Waals surface area (Å²) < 4.78 is 5.39. The number of nitrogens with one attached hydrogen (secondary N) is 2. The van der Waals surface area contributed by atoms with Crippen LogP contribution in [0.15, 0.2) is 55.1 Å². The zero-order chi connectivity index (χ0) is 17.5. The van der Waals surface area contributed by atoms with Gasteiger partial charge in [-0.15, -0.1) is 0 Å². The lowest BCUT2D eigenvalue weighted by atomic mass is 10.1. The number of hydrogen-bond donors (Lipinski definition) is 2. The van der Waals surface area contributed by atoms with Crippen molar-refractivity contribution < 1.29 is 14.3 Å². The minimum atomic E-state index is -0.248. The maximum absolute atomic E-state index is 12.4. The van der Waals surface area contributed by atoms with E-state index in [9.17, 15) is 9.59 Å². The van der Waals surface area contributed by atoms with E-state index in [1.807, 2.05) is 6.92 Å². The Morgan fingerprint density at radius 3 is 2.38 bits per heavy atom. The molecule has 2 aromatic rings. The average molecular weight is 324 g/mol. The van der Waals surface area contributed by atoms with Crippen LogP contribution in [0.2, 0.25) is 0 Å². The molecule has 5 nitrogen and oxygen atoms in total. The lowest BCUT2D eigenvalue weighted by Gasteiger charge is -2.11. The van der Waals surface area contributed by atoms with Crippen molar-refractivity contribution in [1.29, 1.82) is 0 Å². The Morgan fingerprint density at radius 2 is 1.75 bits per heavy atom. The molecule has 0 bridgehead atoms. The van der Waals surface area contributed by atoms with Gasteiger partial charge in [-0.05, 0) is 48.9 Å². The van der Waals surface area contributed by atoms with Crippen molar-refractivity contribution in [3.63, 3.8) is 0 Å². The van der Waals surface area contributed by atoms with Gasteiger partial charge in [0.1, 0.15) is 12.4 Å². The summed E-state index contributed by atoms with van der Waals surface area (Å²) in [5.41, 5.74) is 2.48. The molecule has 0 saturated carbocycles. The number of carbonyl (C=O) groups excluding carboxylic acids is 2. The van der Waals surface area contributed by atoms with Crippen LogP contribution >= 0.6 is 0 Å². The van der Waals surface area contributed by atoms with Crippen LogP contribution in [0.4, 0.5) is 5.69 Å². The van der Waals surface area contributed by atoms with Crippen LogP contribution in [0, 0.1) is 6.92 Å². The van der Waals surface area contributed by atoms with Crippen LogP contribution in [0.5, 0.6) is 5.75 Å². The molecule has 0 unspecified atom stereocenters. The SMILES string of the molecule is C=CCOc1ccc(C(=O)Nc2cc(C(=O)NC)ccc2C)cc1. The van der Waals surface area contributed by atoms with Crippen molar-refractivity contribution in [2.75, 3.05) is 19.0 Å². The topological polar surface area (TPSA) is 67.4 Å². The molecular weight excluding hydrogens is 304 g/mol. The molecule has 124 valence electrons. The maximum atomic E-state index is 12.4. The van der Waals surface area contributed by atoms with E-state index in [4.69, 9.17) is 4.74 Å². The van der Waals surface area contributed by atoms with E-state index in [1.165, 1.54) is 0 Å². The third-order valence-electron chi connectivity index (χ3n) is 3.46. The summed E-state index contributed by atoms with van der Waals surface area (Å²) in [7, 11) is 1.57. The highest BCUT2D eigenvalue weighted by atomic mass is 16.5. The Morgan fingerprint density at radius 1 is 1.08 bits per heavy atom. The number of hydrogen-bond acceptors (Lipinski definition) is 3. The predicted molar refractivity (Wildman–Crippen MR) is 94.7 cm³/mol. The molecule has 0 fully saturated rings. The molecule has 0 spiro atoms. The number of ether oxygens (including phenoxy) is 1. The van der Waals surface area contributed by atoms with Crippen molar-refractivity contribution in [1.82, 2.24) is 5.32 Å². The van der Waals surface area contributed by atoms with Crippen molar-refractivity contribution in [2.24, 2.45) is 0 Å². The minimum absolute atomic E-state index is 0.200. The second-order valence-electron chi connectivity index (χ2n) is 5.19. The van der Waals surface area contributed by atoms with E-state index in [-0.39, 0.29) is 11.8 Å². The molecule has 2 rings (SSSR count). The van der Waals surface area contributed by atoms with Gasteiger partial charge in [-0.2, -0.15) is 0 Å². The lowest BCUT2D eigenvalue weighted by molar-refractivity contribution is 0.0961. The molecule has 24 heavy (non-hydrogen) atoms. The Hall–Kier alpha value is -3.08. The first-order chi connectivity index (χ1) is 11.5. The van der Waals surface area contributed by atoms with Crippen LogP contribution in [0.3, 0.4) is 0 Å². The molecule has 0 heterocycles. The van der Waals surface area contributed by atoms with Crippen molar-refractivity contribution in [2.45, 2.75) is 6.92 Å². The monoisotopic (exact) mass is 324 g/mol. The molecule has 0 saturated heterocycles. The van der Waals surface area contributed by atoms with Crippen LogP contribution in [0.25, 0.3) is 0 Å². The summed E-state index contributed by atoms with van der Waals surface area (Å²) in [6.07, 6.45) is 1.66. The summed E-state index contributed by atoms with van der Waals surface area (Å²) in [5, 5.41) is 5.40. The Balaban J connectivity index is 2.14. The molecule has 2 aromatic carbocycles. The number of aryl methyl sites for hydroxylation is 1. The second kappa shape index (κ2) is 7.97. The molecule has 0 aliphatic carbocycles. The summed E-state index contributed by atoms with van der Waals surface area (Å²) in [5.74, 6) is 0.223. The summed E-state index contributed by atoms with van der Waals surface area (Å²) in [6, 6.07) is 12.0. The number of rotatable bonds is 6. The predicted octanol–water partition coefficient (Wildman–Crippen LogP) is 3.17. The minimum Gasteiger partial charge on any atom is -0.490 e. The summed E-state index contributed by atoms with van der Waals surface area (Å²) in [4.78, 5) is 24.1. The number of amides is 2. The van der Waals surface area contributed by atoms with Crippen LogP contribution < -0.4 is 15.4 Å². The van der Waals surface area contributed by atoms with E-state index < -0.39 is 0 Å². The van der Waals surface area contributed by atoms with E-state index in [2.05, 4.69) is 17.2 Å². The third kappa shape index (κ3) is 4.23. The Labute approximate surface area is 141 Å². The van der Waals surface area contributed by atoms with E-state index in [0.29, 0.717) is 29.2 Å². The lowest BCUT2D eigenvalue weighted by Crippen LogP contribution is -2.19. The molecule has 2 amide bonds. The highest BCUT2D eigenvalue weighted by molar-refractivity contribution is 6.05. The van der Waals surface area contributed by atoms with Gasteiger partial charge in [-0.1, -0.05) is 18.7 Å². The molecule has 0 atom stereocenters. The van der Waals surface area contributed by atoms with Crippen molar-refractivity contribution >= 4 is 17.5 Å². The molecule has 0 aromatic heterocycles. The fraction of sp³-hybridized carbons (Fsp3) is 0.158.